The molecule has 26 heavy (non-hydrogen) atoms. The van der Waals surface area contributed by atoms with Gasteiger partial charge in [0.2, 0.25) is 5.91 Å². The van der Waals surface area contributed by atoms with E-state index in [2.05, 4.69) is 49.5 Å². The van der Waals surface area contributed by atoms with E-state index in [1.165, 1.54) is 11.3 Å². The number of aromatic nitrogens is 3. The number of nitrogens with one attached hydrogen (secondary N) is 2. The van der Waals surface area contributed by atoms with Crippen molar-refractivity contribution in [2.75, 3.05) is 45.1 Å². The molecular formula is C18H22N6OS. The SMILES string of the molecule is Cc1nc(NC(=O)CN2CCN(C)CC2)sc1-c1ccc2cn[nH]c2c1. The van der Waals surface area contributed by atoms with Crippen molar-refractivity contribution in [1.29, 1.82) is 0 Å². The van der Waals surface area contributed by atoms with E-state index in [1.54, 1.807) is 0 Å². The van der Waals surface area contributed by atoms with E-state index in [9.17, 15) is 4.79 Å². The van der Waals surface area contributed by atoms with E-state index >= 15 is 0 Å². The first-order chi connectivity index (χ1) is 12.6. The number of hydrogen-bond donors (Lipinski definition) is 2. The van der Waals surface area contributed by atoms with Gasteiger partial charge in [0.05, 0.1) is 28.8 Å². The third kappa shape index (κ3) is 3.62. The van der Waals surface area contributed by atoms with E-state index in [4.69, 9.17) is 0 Å². The van der Waals surface area contributed by atoms with Crippen LogP contribution in [0.25, 0.3) is 21.3 Å². The molecule has 1 aliphatic heterocycles. The molecule has 3 heterocycles. The Morgan fingerprint density at radius 3 is 2.92 bits per heavy atom. The predicted octanol–water partition coefficient (Wildman–Crippen LogP) is 2.18. The highest BCUT2D eigenvalue weighted by atomic mass is 32.1. The van der Waals surface area contributed by atoms with E-state index in [-0.39, 0.29) is 5.91 Å². The van der Waals surface area contributed by atoms with Gasteiger partial charge in [-0.15, -0.1) is 0 Å². The van der Waals surface area contributed by atoms with Gasteiger partial charge in [-0.2, -0.15) is 5.10 Å². The molecule has 0 bridgehead atoms. The Kier molecular flexibility index (Phi) is 4.71. The number of piperazine rings is 1. The van der Waals surface area contributed by atoms with Gasteiger partial charge in [-0.05, 0) is 25.6 Å². The molecular weight excluding hydrogens is 348 g/mol. The molecule has 1 fully saturated rings. The molecule has 1 saturated heterocycles. The topological polar surface area (TPSA) is 77.2 Å². The van der Waals surface area contributed by atoms with Crippen LogP contribution < -0.4 is 5.32 Å². The molecule has 136 valence electrons. The molecule has 1 aliphatic rings. The Morgan fingerprint density at radius 1 is 1.31 bits per heavy atom. The zero-order chi connectivity index (χ0) is 18.1. The summed E-state index contributed by atoms with van der Waals surface area (Å²) in [6, 6.07) is 6.17. The second kappa shape index (κ2) is 7.14. The van der Waals surface area contributed by atoms with Crippen molar-refractivity contribution < 1.29 is 4.79 Å². The van der Waals surface area contributed by atoms with Crippen LogP contribution in [0.5, 0.6) is 0 Å². The number of aryl methyl sites for hydroxylation is 1. The molecule has 2 aromatic heterocycles. The van der Waals surface area contributed by atoms with Gasteiger partial charge < -0.3 is 10.2 Å². The van der Waals surface area contributed by atoms with Gasteiger partial charge in [0.25, 0.3) is 0 Å². The molecule has 2 N–H and O–H groups in total. The number of benzene rings is 1. The summed E-state index contributed by atoms with van der Waals surface area (Å²) in [5.74, 6) is -0.00104. The number of rotatable bonds is 4. The summed E-state index contributed by atoms with van der Waals surface area (Å²) in [7, 11) is 2.11. The molecule has 8 heteroatoms. The summed E-state index contributed by atoms with van der Waals surface area (Å²) < 4.78 is 0. The van der Waals surface area contributed by atoms with Crippen molar-refractivity contribution in [3.8, 4) is 10.4 Å². The van der Waals surface area contributed by atoms with Crippen LogP contribution in [0, 0.1) is 6.92 Å². The zero-order valence-corrected chi connectivity index (χ0v) is 15.8. The summed E-state index contributed by atoms with van der Waals surface area (Å²) in [6.45, 7) is 6.25. The fourth-order valence-corrected chi connectivity index (χ4v) is 4.14. The second-order valence-electron chi connectivity index (χ2n) is 6.73. The normalized spacial score (nSPS) is 16.2. The van der Waals surface area contributed by atoms with Crippen LogP contribution in [0.15, 0.2) is 24.4 Å². The number of H-pyrrole nitrogens is 1. The summed E-state index contributed by atoms with van der Waals surface area (Å²) in [5, 5.41) is 11.7. The smallest absolute Gasteiger partial charge is 0.240 e. The number of aromatic amines is 1. The molecule has 1 amide bonds. The summed E-state index contributed by atoms with van der Waals surface area (Å²) in [5.41, 5.74) is 3.00. The Bertz CT molecular complexity index is 925. The first-order valence-electron chi connectivity index (χ1n) is 8.70. The lowest BCUT2D eigenvalue weighted by Crippen LogP contribution is -2.47. The standard InChI is InChI=1S/C18H22N6OS/c1-12-17(13-3-4-14-10-19-22-15(14)9-13)26-18(20-12)21-16(25)11-24-7-5-23(2)6-8-24/h3-4,9-10H,5-8,11H2,1-2H3,(H,19,22)(H,20,21,25). The van der Waals surface area contributed by atoms with E-state index < -0.39 is 0 Å². The van der Waals surface area contributed by atoms with Crippen molar-refractivity contribution in [2.45, 2.75) is 6.92 Å². The Hall–Kier alpha value is -2.29. The number of carbonyl (C=O) groups is 1. The average Bonchev–Trinajstić information content (AvgIpc) is 3.22. The van der Waals surface area contributed by atoms with Crippen molar-refractivity contribution in [3.63, 3.8) is 0 Å². The number of carbonyl (C=O) groups excluding carboxylic acids is 1. The van der Waals surface area contributed by atoms with Gasteiger partial charge >= 0.3 is 0 Å². The highest BCUT2D eigenvalue weighted by molar-refractivity contribution is 7.19. The van der Waals surface area contributed by atoms with Gasteiger partial charge in [0, 0.05) is 31.6 Å². The van der Waals surface area contributed by atoms with Crippen LogP contribution in [0.4, 0.5) is 5.13 Å². The molecule has 0 saturated carbocycles. The van der Waals surface area contributed by atoms with Crippen molar-refractivity contribution in [3.05, 3.63) is 30.1 Å². The van der Waals surface area contributed by atoms with E-state index in [0.29, 0.717) is 11.7 Å². The summed E-state index contributed by atoms with van der Waals surface area (Å²) >= 11 is 1.51. The fraction of sp³-hybridized carbons (Fsp3) is 0.389. The van der Waals surface area contributed by atoms with E-state index in [0.717, 1.165) is 53.2 Å². The maximum atomic E-state index is 12.3. The quantitative estimate of drug-likeness (QED) is 0.736. The molecule has 0 radical (unpaired) electrons. The maximum Gasteiger partial charge on any atom is 0.240 e. The van der Waals surface area contributed by atoms with Crippen LogP contribution in [-0.2, 0) is 4.79 Å². The van der Waals surface area contributed by atoms with Crippen LogP contribution >= 0.6 is 11.3 Å². The first kappa shape index (κ1) is 17.1. The second-order valence-corrected chi connectivity index (χ2v) is 7.73. The third-order valence-electron chi connectivity index (χ3n) is 4.71. The number of amides is 1. The minimum absolute atomic E-state index is 0.00104. The summed E-state index contributed by atoms with van der Waals surface area (Å²) in [6.07, 6.45) is 1.81. The number of hydrogen-bond acceptors (Lipinski definition) is 6. The van der Waals surface area contributed by atoms with Gasteiger partial charge in [-0.1, -0.05) is 23.5 Å². The highest BCUT2D eigenvalue weighted by Gasteiger charge is 2.18. The summed E-state index contributed by atoms with van der Waals surface area (Å²) in [4.78, 5) is 22.4. The van der Waals surface area contributed by atoms with Gasteiger partial charge in [-0.25, -0.2) is 4.98 Å². The Balaban J connectivity index is 1.45. The predicted molar refractivity (Wildman–Crippen MR) is 105 cm³/mol. The molecule has 4 rings (SSSR count). The van der Waals surface area contributed by atoms with Gasteiger partial charge in [0.1, 0.15) is 0 Å². The first-order valence-corrected chi connectivity index (χ1v) is 9.52. The average molecular weight is 370 g/mol. The minimum atomic E-state index is -0.00104. The zero-order valence-electron chi connectivity index (χ0n) is 15.0. The Morgan fingerprint density at radius 2 is 2.12 bits per heavy atom. The largest absolute Gasteiger partial charge is 0.304 e. The monoisotopic (exact) mass is 370 g/mol. The van der Waals surface area contributed by atoms with Crippen molar-refractivity contribution in [1.82, 2.24) is 25.0 Å². The van der Waals surface area contributed by atoms with Crippen LogP contribution in [0.1, 0.15) is 5.69 Å². The molecule has 0 unspecified atom stereocenters. The van der Waals surface area contributed by atoms with Crippen molar-refractivity contribution in [2.24, 2.45) is 0 Å². The molecule has 3 aromatic rings. The van der Waals surface area contributed by atoms with Crippen molar-refractivity contribution >= 4 is 33.3 Å². The van der Waals surface area contributed by atoms with E-state index in [1.807, 2.05) is 19.2 Å². The third-order valence-corrected chi connectivity index (χ3v) is 5.83. The molecule has 0 atom stereocenters. The molecule has 0 aliphatic carbocycles. The Labute approximate surface area is 156 Å². The lowest BCUT2D eigenvalue weighted by molar-refractivity contribution is -0.117. The molecule has 7 nitrogen and oxygen atoms in total. The fourth-order valence-electron chi connectivity index (χ4n) is 3.16. The lowest BCUT2D eigenvalue weighted by Gasteiger charge is -2.31. The number of anilines is 1. The minimum Gasteiger partial charge on any atom is -0.304 e. The number of nitrogens with zero attached hydrogens (tertiary/aromatic N) is 4. The number of fused-ring (bicyclic) bond motifs is 1. The number of thiazole rings is 1. The highest BCUT2D eigenvalue weighted by Crippen LogP contribution is 2.33. The maximum absolute atomic E-state index is 12.3. The molecule has 0 spiro atoms. The molecule has 1 aromatic carbocycles. The van der Waals surface area contributed by atoms with Crippen LogP contribution in [0.3, 0.4) is 0 Å². The van der Waals surface area contributed by atoms with Crippen LogP contribution in [0.2, 0.25) is 0 Å². The number of likely N-dealkylation sites (N-methyl/N-ethyl adjacent to an activating group) is 1. The van der Waals surface area contributed by atoms with Crippen LogP contribution in [-0.4, -0.2) is 70.7 Å². The van der Waals surface area contributed by atoms with Gasteiger partial charge in [-0.3, -0.25) is 14.8 Å². The van der Waals surface area contributed by atoms with Gasteiger partial charge in [0.15, 0.2) is 5.13 Å². The lowest BCUT2D eigenvalue weighted by atomic mass is 10.1.